The molecule has 16 heavy (non-hydrogen) atoms. The molecule has 0 spiro atoms. The molecule has 1 aromatic rings. The van der Waals surface area contributed by atoms with Crippen LogP contribution in [0.5, 0.6) is 0 Å². The van der Waals surface area contributed by atoms with E-state index in [2.05, 4.69) is 5.32 Å². The zero-order valence-corrected chi connectivity index (χ0v) is 9.49. The fourth-order valence-electron chi connectivity index (χ4n) is 1.22. The Morgan fingerprint density at radius 3 is 3.00 bits per heavy atom. The summed E-state index contributed by atoms with van der Waals surface area (Å²) in [6.45, 7) is 4.18. The van der Waals surface area contributed by atoms with Crippen molar-refractivity contribution in [2.75, 3.05) is 19.8 Å². The minimum absolute atomic E-state index is 0.212. The molecule has 1 rings (SSSR count). The van der Waals surface area contributed by atoms with Crippen LogP contribution in [0.15, 0.2) is 16.5 Å². The summed E-state index contributed by atoms with van der Waals surface area (Å²) in [5.74, 6) is 0.701. The van der Waals surface area contributed by atoms with Gasteiger partial charge >= 0.3 is 0 Å². The Kier molecular flexibility index (Phi) is 5.60. The summed E-state index contributed by atoms with van der Waals surface area (Å²) in [6.07, 6.45) is 0.796. The molecule has 0 atom stereocenters. The lowest BCUT2D eigenvalue weighted by Gasteiger charge is -2.03. The monoisotopic (exact) mass is 226 g/mol. The number of rotatable bonds is 7. The minimum Gasteiger partial charge on any atom is -0.455 e. The van der Waals surface area contributed by atoms with Crippen molar-refractivity contribution >= 4 is 5.91 Å². The minimum atomic E-state index is -0.212. The van der Waals surface area contributed by atoms with Gasteiger partial charge in [0.2, 0.25) is 0 Å². The highest BCUT2D eigenvalue weighted by molar-refractivity contribution is 5.91. The van der Waals surface area contributed by atoms with Crippen molar-refractivity contribution in [3.8, 4) is 0 Å². The van der Waals surface area contributed by atoms with Gasteiger partial charge in [0.15, 0.2) is 5.76 Å². The molecule has 0 aliphatic heterocycles. The van der Waals surface area contributed by atoms with Crippen LogP contribution in [-0.4, -0.2) is 25.7 Å². The van der Waals surface area contributed by atoms with Crippen LogP contribution in [0.3, 0.4) is 0 Å². The van der Waals surface area contributed by atoms with Gasteiger partial charge in [0.05, 0.1) is 6.54 Å². The van der Waals surface area contributed by atoms with Gasteiger partial charge in [0, 0.05) is 19.8 Å². The summed E-state index contributed by atoms with van der Waals surface area (Å²) in [7, 11) is 0. The van der Waals surface area contributed by atoms with Crippen molar-refractivity contribution in [3.63, 3.8) is 0 Å². The number of carbonyl (C=O) groups excluding carboxylic acids is 1. The fourth-order valence-corrected chi connectivity index (χ4v) is 1.22. The van der Waals surface area contributed by atoms with Crippen molar-refractivity contribution in [1.82, 2.24) is 5.32 Å². The number of hydrogen-bond acceptors (Lipinski definition) is 4. The van der Waals surface area contributed by atoms with E-state index in [1.165, 1.54) is 0 Å². The van der Waals surface area contributed by atoms with Crippen LogP contribution in [0.25, 0.3) is 0 Å². The predicted molar refractivity (Wildman–Crippen MR) is 60.0 cm³/mol. The first-order valence-corrected chi connectivity index (χ1v) is 5.42. The third-order valence-electron chi connectivity index (χ3n) is 2.04. The molecule has 0 aromatic carbocycles. The zero-order valence-electron chi connectivity index (χ0n) is 9.49. The first-order chi connectivity index (χ1) is 7.77. The summed E-state index contributed by atoms with van der Waals surface area (Å²) in [5.41, 5.74) is 5.38. The molecule has 0 radical (unpaired) electrons. The maximum Gasteiger partial charge on any atom is 0.286 e. The van der Waals surface area contributed by atoms with E-state index in [4.69, 9.17) is 14.9 Å². The van der Waals surface area contributed by atoms with Crippen LogP contribution in [-0.2, 0) is 11.3 Å². The normalized spacial score (nSPS) is 10.4. The number of nitrogens with one attached hydrogen (secondary N) is 1. The summed E-state index contributed by atoms with van der Waals surface area (Å²) in [4.78, 5) is 11.5. The molecular formula is C11H18N2O3. The summed E-state index contributed by atoms with van der Waals surface area (Å²) >= 11 is 0. The largest absolute Gasteiger partial charge is 0.455 e. The van der Waals surface area contributed by atoms with Crippen LogP contribution < -0.4 is 11.1 Å². The van der Waals surface area contributed by atoms with Gasteiger partial charge in [-0.25, -0.2) is 0 Å². The number of nitrogens with two attached hydrogens (primary N) is 1. The summed E-state index contributed by atoms with van der Waals surface area (Å²) < 4.78 is 10.4. The van der Waals surface area contributed by atoms with Gasteiger partial charge in [-0.15, -0.1) is 0 Å². The standard InChI is InChI=1S/C11H18N2O3/c1-2-15-7-3-6-13-11(14)10-5-4-9(8-12)16-10/h4-5H,2-3,6-8,12H2,1H3,(H,13,14). The van der Waals surface area contributed by atoms with E-state index < -0.39 is 0 Å². The molecule has 1 aromatic heterocycles. The van der Waals surface area contributed by atoms with Crippen LogP contribution in [0.4, 0.5) is 0 Å². The Balaban J connectivity index is 2.24. The first kappa shape index (κ1) is 12.7. The van der Waals surface area contributed by atoms with Gasteiger partial charge in [-0.1, -0.05) is 0 Å². The molecule has 0 saturated carbocycles. The second kappa shape index (κ2) is 7.03. The number of carbonyl (C=O) groups is 1. The highest BCUT2D eigenvalue weighted by atomic mass is 16.5. The quantitative estimate of drug-likeness (QED) is 0.677. The van der Waals surface area contributed by atoms with Gasteiger partial charge in [-0.05, 0) is 25.5 Å². The van der Waals surface area contributed by atoms with Crippen molar-refractivity contribution in [2.45, 2.75) is 19.9 Å². The second-order valence-corrected chi connectivity index (χ2v) is 3.28. The number of amides is 1. The van der Waals surface area contributed by atoms with Crippen LogP contribution in [0.2, 0.25) is 0 Å². The predicted octanol–water partition coefficient (Wildman–Crippen LogP) is 0.895. The lowest BCUT2D eigenvalue weighted by Crippen LogP contribution is -2.24. The summed E-state index contributed by atoms with van der Waals surface area (Å²) in [6, 6.07) is 3.33. The highest BCUT2D eigenvalue weighted by Gasteiger charge is 2.09. The Hall–Kier alpha value is -1.33. The van der Waals surface area contributed by atoms with Crippen molar-refractivity contribution in [2.24, 2.45) is 5.73 Å². The molecular weight excluding hydrogens is 208 g/mol. The Bertz CT molecular complexity index is 323. The second-order valence-electron chi connectivity index (χ2n) is 3.28. The van der Waals surface area contributed by atoms with Gasteiger partial charge < -0.3 is 20.2 Å². The third-order valence-corrected chi connectivity index (χ3v) is 2.04. The van der Waals surface area contributed by atoms with Gasteiger partial charge in [-0.2, -0.15) is 0 Å². The van der Waals surface area contributed by atoms with E-state index in [1.54, 1.807) is 12.1 Å². The number of ether oxygens (including phenoxy) is 1. The first-order valence-electron chi connectivity index (χ1n) is 5.42. The molecule has 3 N–H and O–H groups in total. The van der Waals surface area contributed by atoms with E-state index in [1.807, 2.05) is 6.92 Å². The highest BCUT2D eigenvalue weighted by Crippen LogP contribution is 2.06. The molecule has 0 aliphatic carbocycles. The molecule has 0 fully saturated rings. The van der Waals surface area contributed by atoms with Gasteiger partial charge in [-0.3, -0.25) is 4.79 Å². The van der Waals surface area contributed by atoms with E-state index in [0.29, 0.717) is 37.8 Å². The molecule has 5 nitrogen and oxygen atoms in total. The van der Waals surface area contributed by atoms with Crippen molar-refractivity contribution in [1.29, 1.82) is 0 Å². The third kappa shape index (κ3) is 4.04. The SMILES string of the molecule is CCOCCCNC(=O)c1ccc(CN)o1. The van der Waals surface area contributed by atoms with Crippen LogP contribution >= 0.6 is 0 Å². The molecule has 0 unspecified atom stereocenters. The topological polar surface area (TPSA) is 77.5 Å². The van der Waals surface area contributed by atoms with E-state index in [9.17, 15) is 4.79 Å². The van der Waals surface area contributed by atoms with Crippen LogP contribution in [0.1, 0.15) is 29.7 Å². The number of furan rings is 1. The molecule has 90 valence electrons. The molecule has 1 heterocycles. The molecule has 0 aliphatic rings. The average molecular weight is 226 g/mol. The van der Waals surface area contributed by atoms with E-state index in [0.717, 1.165) is 6.42 Å². The van der Waals surface area contributed by atoms with Crippen molar-refractivity contribution in [3.05, 3.63) is 23.7 Å². The average Bonchev–Trinajstić information content (AvgIpc) is 2.77. The lowest BCUT2D eigenvalue weighted by atomic mass is 10.4. The Morgan fingerprint density at radius 1 is 1.56 bits per heavy atom. The van der Waals surface area contributed by atoms with Gasteiger partial charge in [0.1, 0.15) is 5.76 Å². The fraction of sp³-hybridized carbons (Fsp3) is 0.545. The molecule has 0 saturated heterocycles. The van der Waals surface area contributed by atoms with E-state index >= 15 is 0 Å². The maximum absolute atomic E-state index is 11.5. The van der Waals surface area contributed by atoms with Gasteiger partial charge in [0.25, 0.3) is 5.91 Å². The maximum atomic E-state index is 11.5. The number of hydrogen-bond donors (Lipinski definition) is 2. The lowest BCUT2D eigenvalue weighted by molar-refractivity contribution is 0.0915. The van der Waals surface area contributed by atoms with E-state index in [-0.39, 0.29) is 5.91 Å². The Labute approximate surface area is 94.9 Å². The molecule has 0 bridgehead atoms. The molecule has 1 amide bonds. The zero-order chi connectivity index (χ0) is 11.8. The van der Waals surface area contributed by atoms with Crippen LogP contribution in [0, 0.1) is 0 Å². The molecule has 5 heteroatoms. The summed E-state index contributed by atoms with van der Waals surface area (Å²) in [5, 5.41) is 2.74. The van der Waals surface area contributed by atoms with Crippen molar-refractivity contribution < 1.29 is 13.9 Å². The Morgan fingerprint density at radius 2 is 2.38 bits per heavy atom. The smallest absolute Gasteiger partial charge is 0.286 e.